The van der Waals surface area contributed by atoms with E-state index >= 15 is 0 Å². The lowest BCUT2D eigenvalue weighted by Crippen LogP contribution is -3.14. The zero-order chi connectivity index (χ0) is 15.0. The minimum absolute atomic E-state index is 0.0417. The van der Waals surface area contributed by atoms with Gasteiger partial charge in [0.05, 0.1) is 13.2 Å². The van der Waals surface area contributed by atoms with Gasteiger partial charge in [0.2, 0.25) is 0 Å². The summed E-state index contributed by atoms with van der Waals surface area (Å²) in [5.41, 5.74) is 2.37. The fraction of sp³-hybridized carbons (Fsp3) is 0.600. The summed E-state index contributed by atoms with van der Waals surface area (Å²) in [6.45, 7) is 5.84. The maximum absolute atomic E-state index is 9.95. The van der Waals surface area contributed by atoms with Crippen molar-refractivity contribution in [1.29, 1.82) is 0 Å². The summed E-state index contributed by atoms with van der Waals surface area (Å²) in [7, 11) is 0. The van der Waals surface area contributed by atoms with E-state index < -0.39 is 6.10 Å². The minimum atomic E-state index is -0.621. The van der Waals surface area contributed by atoms with Crippen molar-refractivity contribution in [2.24, 2.45) is 0 Å². The van der Waals surface area contributed by atoms with Gasteiger partial charge in [0, 0.05) is 0 Å². The number of hydrogen-bond donors (Lipinski definition) is 4. The molecule has 0 amide bonds. The van der Waals surface area contributed by atoms with Crippen LogP contribution in [0.5, 0.6) is 5.75 Å². The van der Waals surface area contributed by atoms with E-state index in [1.54, 1.807) is 0 Å². The standard InChI is InChI=1S/C15H25NO4/c1-12-3-4-15(9-13(12)2)20-11-14(19)10-16(5-7-17)6-8-18/h3-4,9,14,17-19H,5-8,10-11H2,1-2H3/p+1/t14-/m0/s1. The Morgan fingerprint density at radius 3 is 2.30 bits per heavy atom. The van der Waals surface area contributed by atoms with Gasteiger partial charge < -0.3 is 25.0 Å². The highest BCUT2D eigenvalue weighted by molar-refractivity contribution is 5.33. The van der Waals surface area contributed by atoms with Gasteiger partial charge >= 0.3 is 0 Å². The predicted octanol–water partition coefficient (Wildman–Crippen LogP) is -1.09. The molecule has 0 unspecified atom stereocenters. The maximum Gasteiger partial charge on any atom is 0.137 e. The number of hydrogen-bond acceptors (Lipinski definition) is 4. The number of aliphatic hydroxyl groups excluding tert-OH is 3. The molecule has 1 rings (SSSR count). The summed E-state index contributed by atoms with van der Waals surface area (Å²) in [6.07, 6.45) is -0.621. The topological polar surface area (TPSA) is 74.4 Å². The predicted molar refractivity (Wildman–Crippen MR) is 77.2 cm³/mol. The first-order chi connectivity index (χ1) is 9.56. The first kappa shape index (κ1) is 16.9. The lowest BCUT2D eigenvalue weighted by molar-refractivity contribution is -0.903. The van der Waals surface area contributed by atoms with Crippen LogP contribution in [0.1, 0.15) is 11.1 Å². The molecule has 0 aliphatic rings. The molecule has 0 saturated carbocycles. The Bertz CT molecular complexity index is 391. The van der Waals surface area contributed by atoms with Gasteiger partial charge in [-0.2, -0.15) is 0 Å². The van der Waals surface area contributed by atoms with Crippen molar-refractivity contribution in [3.05, 3.63) is 29.3 Å². The molecule has 0 aromatic heterocycles. The van der Waals surface area contributed by atoms with Crippen molar-refractivity contribution < 1.29 is 25.0 Å². The lowest BCUT2D eigenvalue weighted by atomic mass is 10.1. The van der Waals surface area contributed by atoms with Gasteiger partial charge in [-0.1, -0.05) is 6.07 Å². The van der Waals surface area contributed by atoms with E-state index in [0.717, 1.165) is 16.2 Å². The van der Waals surface area contributed by atoms with E-state index in [-0.39, 0.29) is 19.8 Å². The number of ether oxygens (including phenoxy) is 1. The number of aryl methyl sites for hydroxylation is 2. The summed E-state index contributed by atoms with van der Waals surface area (Å²) in [4.78, 5) is 0.964. The number of nitrogens with one attached hydrogen (secondary N) is 1. The molecule has 5 nitrogen and oxygen atoms in total. The highest BCUT2D eigenvalue weighted by Crippen LogP contribution is 2.16. The first-order valence-corrected chi connectivity index (χ1v) is 7.00. The van der Waals surface area contributed by atoms with Gasteiger partial charge in [-0.25, -0.2) is 0 Å². The van der Waals surface area contributed by atoms with Crippen LogP contribution in [-0.2, 0) is 0 Å². The van der Waals surface area contributed by atoms with Crippen LogP contribution in [0.2, 0.25) is 0 Å². The normalized spacial score (nSPS) is 12.7. The van der Waals surface area contributed by atoms with Gasteiger partial charge in [0.15, 0.2) is 0 Å². The van der Waals surface area contributed by atoms with Crippen molar-refractivity contribution in [3.63, 3.8) is 0 Å². The van der Waals surface area contributed by atoms with E-state index in [9.17, 15) is 5.11 Å². The molecule has 0 aliphatic heterocycles. The fourth-order valence-corrected chi connectivity index (χ4v) is 2.03. The summed E-state index contributed by atoms with van der Waals surface area (Å²) < 4.78 is 5.57. The van der Waals surface area contributed by atoms with E-state index in [1.807, 2.05) is 32.0 Å². The summed E-state index contributed by atoms with van der Waals surface area (Å²) >= 11 is 0. The molecular weight excluding hydrogens is 258 g/mol. The van der Waals surface area contributed by atoms with Crippen LogP contribution in [0.15, 0.2) is 18.2 Å². The van der Waals surface area contributed by atoms with Crippen molar-refractivity contribution in [1.82, 2.24) is 0 Å². The second-order valence-electron chi connectivity index (χ2n) is 5.11. The molecule has 1 atom stereocenters. The first-order valence-electron chi connectivity index (χ1n) is 7.00. The van der Waals surface area contributed by atoms with E-state index in [1.165, 1.54) is 5.56 Å². The van der Waals surface area contributed by atoms with Gasteiger partial charge in [-0.05, 0) is 37.1 Å². The number of rotatable bonds is 9. The molecular formula is C15H26NO4+. The third-order valence-corrected chi connectivity index (χ3v) is 3.38. The van der Waals surface area contributed by atoms with E-state index in [4.69, 9.17) is 14.9 Å². The van der Waals surface area contributed by atoms with Crippen LogP contribution < -0.4 is 9.64 Å². The molecule has 0 bridgehead atoms. The molecule has 1 aromatic rings. The fourth-order valence-electron chi connectivity index (χ4n) is 2.03. The van der Waals surface area contributed by atoms with Crippen molar-refractivity contribution in [3.8, 4) is 5.75 Å². The van der Waals surface area contributed by atoms with Crippen LogP contribution in [-0.4, -0.2) is 60.9 Å². The molecule has 20 heavy (non-hydrogen) atoms. The molecule has 0 radical (unpaired) electrons. The Hall–Kier alpha value is -1.14. The zero-order valence-corrected chi connectivity index (χ0v) is 12.3. The second kappa shape index (κ2) is 8.92. The largest absolute Gasteiger partial charge is 0.491 e. The Kier molecular flexibility index (Phi) is 7.54. The number of benzene rings is 1. The molecule has 5 heteroatoms. The van der Waals surface area contributed by atoms with Crippen LogP contribution in [0.25, 0.3) is 0 Å². The number of quaternary nitrogens is 1. The number of aliphatic hydroxyl groups is 3. The molecule has 1 aromatic carbocycles. The zero-order valence-electron chi connectivity index (χ0n) is 12.3. The Labute approximate surface area is 120 Å². The smallest absolute Gasteiger partial charge is 0.137 e. The Morgan fingerprint density at radius 2 is 1.75 bits per heavy atom. The van der Waals surface area contributed by atoms with Gasteiger partial charge in [-0.15, -0.1) is 0 Å². The van der Waals surface area contributed by atoms with Gasteiger partial charge in [0.1, 0.15) is 38.1 Å². The van der Waals surface area contributed by atoms with Gasteiger partial charge in [-0.3, -0.25) is 0 Å². The highest BCUT2D eigenvalue weighted by Gasteiger charge is 2.15. The monoisotopic (exact) mass is 284 g/mol. The summed E-state index contributed by atoms with van der Waals surface area (Å²) in [6, 6.07) is 5.83. The van der Waals surface area contributed by atoms with Gasteiger partial charge in [0.25, 0.3) is 0 Å². The van der Waals surface area contributed by atoms with Crippen LogP contribution in [0, 0.1) is 13.8 Å². The third kappa shape index (κ3) is 5.88. The molecule has 0 heterocycles. The van der Waals surface area contributed by atoms with E-state index in [2.05, 4.69) is 0 Å². The van der Waals surface area contributed by atoms with Crippen molar-refractivity contribution in [2.45, 2.75) is 20.0 Å². The van der Waals surface area contributed by atoms with Crippen molar-refractivity contribution in [2.75, 3.05) is 39.5 Å². The molecule has 114 valence electrons. The highest BCUT2D eigenvalue weighted by atomic mass is 16.5. The average molecular weight is 284 g/mol. The lowest BCUT2D eigenvalue weighted by Gasteiger charge is -2.21. The molecule has 0 fully saturated rings. The quantitative estimate of drug-likeness (QED) is 0.465. The molecule has 0 saturated heterocycles. The minimum Gasteiger partial charge on any atom is -0.491 e. The van der Waals surface area contributed by atoms with Crippen LogP contribution in [0.3, 0.4) is 0 Å². The molecule has 0 aliphatic carbocycles. The van der Waals surface area contributed by atoms with Crippen LogP contribution >= 0.6 is 0 Å². The maximum atomic E-state index is 9.95. The Balaban J connectivity index is 2.41. The van der Waals surface area contributed by atoms with Crippen molar-refractivity contribution >= 4 is 0 Å². The van der Waals surface area contributed by atoms with Crippen LogP contribution in [0.4, 0.5) is 0 Å². The van der Waals surface area contributed by atoms with E-state index in [0.29, 0.717) is 19.6 Å². The summed E-state index contributed by atoms with van der Waals surface area (Å²) in [5.74, 6) is 0.748. The average Bonchev–Trinajstić information content (AvgIpc) is 2.41. The Morgan fingerprint density at radius 1 is 1.10 bits per heavy atom. The third-order valence-electron chi connectivity index (χ3n) is 3.38. The molecule has 0 spiro atoms. The molecule has 4 N–H and O–H groups in total. The SMILES string of the molecule is Cc1ccc(OC[C@@H](O)C[NH+](CCO)CCO)cc1C. The summed E-state index contributed by atoms with van der Waals surface area (Å²) in [5, 5.41) is 27.8. The second-order valence-corrected chi connectivity index (χ2v) is 5.11.